The number of aromatic nitrogens is 1. The molecule has 128 valence electrons. The molecule has 3 rings (SSSR count). The van der Waals surface area contributed by atoms with Crippen molar-refractivity contribution >= 4 is 17.3 Å². The molecule has 2 N–H and O–H groups in total. The molecule has 2 aliphatic rings. The Balaban J connectivity index is 1.46. The number of hydrogen-bond acceptors (Lipinski definition) is 4. The maximum absolute atomic E-state index is 4.69. The highest BCUT2D eigenvalue weighted by Gasteiger charge is 2.34. The Morgan fingerprint density at radius 2 is 2.22 bits per heavy atom. The van der Waals surface area contributed by atoms with E-state index in [9.17, 15) is 0 Å². The van der Waals surface area contributed by atoms with Crippen molar-refractivity contribution in [3.63, 3.8) is 0 Å². The minimum atomic E-state index is 0.666. The van der Waals surface area contributed by atoms with Crippen LogP contribution >= 0.6 is 11.3 Å². The third-order valence-electron chi connectivity index (χ3n) is 4.61. The van der Waals surface area contributed by atoms with Crippen molar-refractivity contribution in [3.8, 4) is 0 Å². The van der Waals surface area contributed by atoms with Crippen LogP contribution in [0.5, 0.6) is 0 Å². The summed E-state index contributed by atoms with van der Waals surface area (Å²) >= 11 is 1.77. The van der Waals surface area contributed by atoms with E-state index in [1.165, 1.54) is 37.2 Å². The number of nitrogens with one attached hydrogen (secondary N) is 2. The first-order valence-corrected chi connectivity index (χ1v) is 9.80. The maximum atomic E-state index is 4.69. The molecule has 1 atom stereocenters. The molecule has 1 aliphatic carbocycles. The molecular weight excluding hydrogens is 306 g/mol. The normalized spacial score (nSPS) is 22.5. The summed E-state index contributed by atoms with van der Waals surface area (Å²) in [7, 11) is 0. The van der Waals surface area contributed by atoms with Gasteiger partial charge in [0.05, 0.1) is 6.54 Å². The van der Waals surface area contributed by atoms with Gasteiger partial charge in [0.2, 0.25) is 0 Å². The van der Waals surface area contributed by atoms with Gasteiger partial charge in [-0.25, -0.2) is 9.98 Å². The lowest BCUT2D eigenvalue weighted by Gasteiger charge is -2.16. The van der Waals surface area contributed by atoms with Crippen molar-refractivity contribution in [1.82, 2.24) is 20.5 Å². The number of thiazole rings is 1. The molecule has 1 saturated heterocycles. The Morgan fingerprint density at radius 1 is 1.35 bits per heavy atom. The van der Waals surface area contributed by atoms with Gasteiger partial charge in [-0.05, 0) is 45.1 Å². The summed E-state index contributed by atoms with van der Waals surface area (Å²) in [4.78, 5) is 13.1. The number of guanidine groups is 1. The van der Waals surface area contributed by atoms with Crippen LogP contribution in [0.25, 0.3) is 0 Å². The van der Waals surface area contributed by atoms with Crippen LogP contribution in [-0.4, -0.2) is 48.1 Å². The van der Waals surface area contributed by atoms with Crippen molar-refractivity contribution in [2.24, 2.45) is 10.9 Å². The fraction of sp³-hybridized carbons (Fsp3) is 0.765. The average Bonchev–Trinajstić information content (AvgIpc) is 3.13. The first kappa shape index (κ1) is 16.7. The molecule has 5 nitrogen and oxygen atoms in total. The third-order valence-corrected chi connectivity index (χ3v) is 5.73. The summed E-state index contributed by atoms with van der Waals surface area (Å²) in [6.45, 7) is 9.39. The van der Waals surface area contributed by atoms with Gasteiger partial charge < -0.3 is 15.5 Å². The summed E-state index contributed by atoms with van der Waals surface area (Å²) < 4.78 is 0. The lowest BCUT2D eigenvalue weighted by Crippen LogP contribution is -2.40. The Morgan fingerprint density at radius 3 is 2.91 bits per heavy atom. The summed E-state index contributed by atoms with van der Waals surface area (Å²) in [6, 6.07) is 0.902. The number of likely N-dealkylation sites (tertiary alicyclic amines) is 1. The number of rotatable bonds is 7. The zero-order valence-corrected chi connectivity index (χ0v) is 15.2. The number of nitrogens with zero attached hydrogens (tertiary/aromatic N) is 3. The van der Waals surface area contributed by atoms with Gasteiger partial charge in [0.25, 0.3) is 0 Å². The summed E-state index contributed by atoms with van der Waals surface area (Å²) in [5, 5.41) is 7.97. The van der Waals surface area contributed by atoms with Gasteiger partial charge in [-0.1, -0.05) is 6.92 Å². The van der Waals surface area contributed by atoms with E-state index in [2.05, 4.69) is 39.4 Å². The van der Waals surface area contributed by atoms with Crippen molar-refractivity contribution < 1.29 is 0 Å². The zero-order chi connectivity index (χ0) is 16.1. The minimum absolute atomic E-state index is 0.666. The van der Waals surface area contributed by atoms with Gasteiger partial charge in [-0.15, -0.1) is 11.3 Å². The van der Waals surface area contributed by atoms with E-state index in [1.54, 1.807) is 11.3 Å². The third kappa shape index (κ3) is 4.91. The van der Waals surface area contributed by atoms with Crippen LogP contribution < -0.4 is 10.6 Å². The molecule has 1 aromatic heterocycles. The van der Waals surface area contributed by atoms with Gasteiger partial charge in [0.15, 0.2) is 5.96 Å². The molecule has 0 aromatic carbocycles. The Bertz CT molecular complexity index is 523. The van der Waals surface area contributed by atoms with Gasteiger partial charge in [0, 0.05) is 36.8 Å². The predicted molar refractivity (Wildman–Crippen MR) is 97.0 cm³/mol. The van der Waals surface area contributed by atoms with Crippen LogP contribution in [0.15, 0.2) is 11.2 Å². The Kier molecular flexibility index (Phi) is 5.89. The first-order valence-electron chi connectivity index (χ1n) is 8.98. The SMILES string of the molecule is CCNC(=NCc1ncc(CC)s1)NCC1CCN(C2CC2)C1. The van der Waals surface area contributed by atoms with E-state index in [1.807, 2.05) is 6.20 Å². The molecule has 0 amide bonds. The zero-order valence-electron chi connectivity index (χ0n) is 14.3. The summed E-state index contributed by atoms with van der Waals surface area (Å²) in [5.41, 5.74) is 0. The standard InChI is InChI=1S/C17H29N5S/c1-3-15-10-19-16(23-15)11-21-17(18-4-2)20-9-13-7-8-22(12-13)14-5-6-14/h10,13-14H,3-9,11-12H2,1-2H3,(H2,18,20,21). The average molecular weight is 336 g/mol. The smallest absolute Gasteiger partial charge is 0.191 e. The quantitative estimate of drug-likeness (QED) is 0.593. The molecule has 1 aromatic rings. The van der Waals surface area contributed by atoms with Gasteiger partial charge in [0.1, 0.15) is 5.01 Å². The van der Waals surface area contributed by atoms with Gasteiger partial charge in [-0.2, -0.15) is 0 Å². The predicted octanol–water partition coefficient (Wildman–Crippen LogP) is 2.24. The lowest BCUT2D eigenvalue weighted by molar-refractivity contribution is 0.314. The van der Waals surface area contributed by atoms with E-state index < -0.39 is 0 Å². The molecule has 23 heavy (non-hydrogen) atoms. The van der Waals surface area contributed by atoms with Crippen LogP contribution in [0.4, 0.5) is 0 Å². The van der Waals surface area contributed by atoms with Crippen LogP contribution in [-0.2, 0) is 13.0 Å². The minimum Gasteiger partial charge on any atom is -0.357 e. The van der Waals surface area contributed by atoms with Crippen molar-refractivity contribution in [3.05, 3.63) is 16.1 Å². The number of aliphatic imine (C=N–C) groups is 1. The fourth-order valence-electron chi connectivity index (χ4n) is 3.11. The topological polar surface area (TPSA) is 52.6 Å². The number of aryl methyl sites for hydroxylation is 1. The molecule has 6 heteroatoms. The van der Waals surface area contributed by atoms with E-state index in [-0.39, 0.29) is 0 Å². The Labute approximate surface area is 143 Å². The van der Waals surface area contributed by atoms with E-state index in [0.717, 1.165) is 42.4 Å². The summed E-state index contributed by atoms with van der Waals surface area (Å²) in [5.74, 6) is 1.68. The molecule has 1 saturated carbocycles. The van der Waals surface area contributed by atoms with E-state index in [0.29, 0.717) is 6.54 Å². The van der Waals surface area contributed by atoms with Crippen molar-refractivity contribution in [1.29, 1.82) is 0 Å². The lowest BCUT2D eigenvalue weighted by atomic mass is 10.1. The van der Waals surface area contributed by atoms with Crippen LogP contribution in [0.1, 0.15) is 43.0 Å². The summed E-state index contributed by atoms with van der Waals surface area (Å²) in [6.07, 6.45) is 7.17. The Hall–Kier alpha value is -1.14. The molecule has 1 aliphatic heterocycles. The van der Waals surface area contributed by atoms with Crippen LogP contribution in [0.3, 0.4) is 0 Å². The highest BCUT2D eigenvalue weighted by Crippen LogP contribution is 2.31. The van der Waals surface area contributed by atoms with Gasteiger partial charge >= 0.3 is 0 Å². The van der Waals surface area contributed by atoms with Gasteiger partial charge in [-0.3, -0.25) is 0 Å². The van der Waals surface area contributed by atoms with E-state index >= 15 is 0 Å². The molecule has 1 unspecified atom stereocenters. The maximum Gasteiger partial charge on any atom is 0.191 e. The van der Waals surface area contributed by atoms with Crippen molar-refractivity contribution in [2.75, 3.05) is 26.2 Å². The molecular formula is C17H29N5S. The van der Waals surface area contributed by atoms with E-state index in [4.69, 9.17) is 0 Å². The van der Waals surface area contributed by atoms with Crippen molar-refractivity contribution in [2.45, 2.75) is 52.1 Å². The second-order valence-electron chi connectivity index (χ2n) is 6.53. The largest absolute Gasteiger partial charge is 0.357 e. The monoisotopic (exact) mass is 335 g/mol. The second-order valence-corrected chi connectivity index (χ2v) is 7.73. The van der Waals surface area contributed by atoms with Crippen LogP contribution in [0, 0.1) is 5.92 Å². The molecule has 0 spiro atoms. The van der Waals surface area contributed by atoms with Crippen LogP contribution in [0.2, 0.25) is 0 Å². The second kappa shape index (κ2) is 8.11. The molecule has 2 fully saturated rings. The fourth-order valence-corrected chi connectivity index (χ4v) is 3.90. The molecule has 2 heterocycles. The molecule has 0 bridgehead atoms. The molecule has 0 radical (unpaired) electrons. The highest BCUT2D eigenvalue weighted by atomic mass is 32.1. The first-order chi connectivity index (χ1) is 11.3. The highest BCUT2D eigenvalue weighted by molar-refractivity contribution is 7.11. The number of hydrogen-bond donors (Lipinski definition) is 2.